The zero-order valence-electron chi connectivity index (χ0n) is 16.7. The summed E-state index contributed by atoms with van der Waals surface area (Å²) in [4.78, 5) is 29.9. The van der Waals surface area contributed by atoms with Gasteiger partial charge in [-0.15, -0.1) is 0 Å². The highest BCUT2D eigenvalue weighted by atomic mass is 16.5. The molecule has 27 heavy (non-hydrogen) atoms. The largest absolute Gasteiger partial charge is 0.360 e. The number of carbonyl (C=O) groups excluding carboxylic acids is 2. The topological polar surface area (TPSA) is 49.9 Å². The number of amides is 2. The molecule has 0 N–H and O–H groups in total. The van der Waals surface area contributed by atoms with Crippen molar-refractivity contribution in [3.8, 4) is 0 Å². The van der Waals surface area contributed by atoms with Gasteiger partial charge in [-0.2, -0.15) is 0 Å². The molecule has 2 saturated heterocycles. The first-order chi connectivity index (χ1) is 12.7. The van der Waals surface area contributed by atoms with Crippen molar-refractivity contribution in [1.82, 2.24) is 9.80 Å². The molecule has 4 atom stereocenters. The second-order valence-corrected chi connectivity index (χ2v) is 8.56. The molecule has 2 bridgehead atoms. The molecule has 1 aromatic rings. The highest BCUT2D eigenvalue weighted by Crippen LogP contribution is 2.52. The van der Waals surface area contributed by atoms with Crippen molar-refractivity contribution in [2.24, 2.45) is 11.8 Å². The molecule has 4 rings (SSSR count). The Hall–Kier alpha value is -2.14. The lowest BCUT2D eigenvalue weighted by atomic mass is 9.76. The number of likely N-dealkylation sites (tertiary alicyclic amines) is 1. The Labute approximate surface area is 161 Å². The number of hydrogen-bond acceptors (Lipinski definition) is 3. The fourth-order valence-corrected chi connectivity index (χ4v) is 4.61. The molecule has 144 valence electrons. The molecular formula is C22H28N2O3. The van der Waals surface area contributed by atoms with E-state index in [9.17, 15) is 9.59 Å². The lowest BCUT2D eigenvalue weighted by Gasteiger charge is -2.30. The van der Waals surface area contributed by atoms with Gasteiger partial charge in [-0.1, -0.05) is 30.4 Å². The summed E-state index contributed by atoms with van der Waals surface area (Å²) in [5, 5.41) is 0. The van der Waals surface area contributed by atoms with Gasteiger partial charge in [0, 0.05) is 19.6 Å². The fourth-order valence-electron chi connectivity index (χ4n) is 4.61. The van der Waals surface area contributed by atoms with E-state index in [4.69, 9.17) is 4.74 Å². The minimum absolute atomic E-state index is 0.00704. The average Bonchev–Trinajstić information content (AvgIpc) is 3.25. The van der Waals surface area contributed by atoms with Crippen LogP contribution in [0.2, 0.25) is 0 Å². The van der Waals surface area contributed by atoms with Crippen LogP contribution in [0.15, 0.2) is 30.4 Å². The van der Waals surface area contributed by atoms with Crippen LogP contribution in [0.4, 0.5) is 0 Å². The summed E-state index contributed by atoms with van der Waals surface area (Å²) in [6, 6.07) is 6.40. The number of fused-ring (bicyclic) bond motifs is 1. The van der Waals surface area contributed by atoms with Crippen molar-refractivity contribution in [3.05, 3.63) is 47.0 Å². The summed E-state index contributed by atoms with van der Waals surface area (Å²) in [5.74, 6) is -0.782. The molecular weight excluding hydrogens is 340 g/mol. The molecule has 2 fully saturated rings. The van der Waals surface area contributed by atoms with Gasteiger partial charge in [0.15, 0.2) is 0 Å². The number of nitrogens with zero attached hydrogens (tertiary/aromatic N) is 2. The Morgan fingerprint density at radius 2 is 2.07 bits per heavy atom. The second-order valence-electron chi connectivity index (χ2n) is 8.56. The van der Waals surface area contributed by atoms with Gasteiger partial charge < -0.3 is 14.5 Å². The zero-order valence-corrected chi connectivity index (χ0v) is 16.7. The monoisotopic (exact) mass is 368 g/mol. The molecule has 2 amide bonds. The van der Waals surface area contributed by atoms with E-state index >= 15 is 0 Å². The highest BCUT2D eigenvalue weighted by Gasteiger charge is 2.67. The lowest BCUT2D eigenvalue weighted by molar-refractivity contribution is -0.143. The quantitative estimate of drug-likeness (QED) is 0.767. The van der Waals surface area contributed by atoms with Crippen molar-refractivity contribution < 1.29 is 14.3 Å². The first-order valence-corrected chi connectivity index (χ1v) is 9.72. The van der Waals surface area contributed by atoms with E-state index in [1.54, 1.807) is 4.90 Å². The molecule has 0 aromatic heterocycles. The van der Waals surface area contributed by atoms with E-state index in [0.29, 0.717) is 13.1 Å². The number of aryl methyl sites for hydroxylation is 2. The van der Waals surface area contributed by atoms with Crippen molar-refractivity contribution in [2.75, 3.05) is 13.6 Å². The second kappa shape index (κ2) is 6.20. The maximum absolute atomic E-state index is 13.3. The minimum atomic E-state index is -0.639. The van der Waals surface area contributed by atoms with E-state index in [1.807, 2.05) is 37.9 Å². The number of carbonyl (C=O) groups is 2. The van der Waals surface area contributed by atoms with Gasteiger partial charge >= 0.3 is 0 Å². The van der Waals surface area contributed by atoms with Gasteiger partial charge in [0.2, 0.25) is 11.8 Å². The van der Waals surface area contributed by atoms with Crippen molar-refractivity contribution >= 4 is 11.8 Å². The summed E-state index contributed by atoms with van der Waals surface area (Å²) >= 11 is 0. The van der Waals surface area contributed by atoms with Crippen molar-refractivity contribution in [1.29, 1.82) is 0 Å². The number of rotatable bonds is 4. The van der Waals surface area contributed by atoms with Crippen LogP contribution in [0.5, 0.6) is 0 Å². The molecule has 5 heteroatoms. The predicted molar refractivity (Wildman–Crippen MR) is 103 cm³/mol. The zero-order chi connectivity index (χ0) is 19.5. The average molecular weight is 368 g/mol. The van der Waals surface area contributed by atoms with Crippen LogP contribution < -0.4 is 0 Å². The van der Waals surface area contributed by atoms with E-state index in [0.717, 1.165) is 5.56 Å². The first kappa shape index (κ1) is 18.2. The number of ether oxygens (including phenoxy) is 1. The Kier molecular flexibility index (Phi) is 4.18. The van der Waals surface area contributed by atoms with Gasteiger partial charge in [0.25, 0.3) is 0 Å². The van der Waals surface area contributed by atoms with Crippen LogP contribution in [0.25, 0.3) is 0 Å². The molecule has 1 aromatic carbocycles. The van der Waals surface area contributed by atoms with Gasteiger partial charge in [-0.25, -0.2) is 0 Å². The third-order valence-corrected chi connectivity index (χ3v) is 6.53. The Morgan fingerprint density at radius 3 is 2.74 bits per heavy atom. The third-order valence-electron chi connectivity index (χ3n) is 6.53. The van der Waals surface area contributed by atoms with Gasteiger partial charge in [-0.3, -0.25) is 9.59 Å². The van der Waals surface area contributed by atoms with E-state index < -0.39 is 17.4 Å². The van der Waals surface area contributed by atoms with Crippen LogP contribution in [0, 0.1) is 25.7 Å². The maximum atomic E-state index is 13.3. The van der Waals surface area contributed by atoms with Crippen LogP contribution in [-0.4, -0.2) is 53.0 Å². The Bertz CT molecular complexity index is 831. The summed E-state index contributed by atoms with van der Waals surface area (Å²) in [6.45, 7) is 9.22. The molecule has 3 aliphatic rings. The number of hydrogen-bond donors (Lipinski definition) is 0. The third kappa shape index (κ3) is 2.71. The standard InChI is InChI=1S/C22H28N2O3/c1-13(2)23(5)20(25)18-17-8-9-22(27-17)12-24(21(26)19(18)22)11-16-7-6-14(3)15(4)10-16/h6-10,13,17-19H,11-12H2,1-5H3/t17-,18?,19?,22-/m0/s1. The molecule has 3 heterocycles. The molecule has 0 radical (unpaired) electrons. The first-order valence-electron chi connectivity index (χ1n) is 9.72. The SMILES string of the molecule is Cc1ccc(CN2C[C@]34C=C[C@H](O3)C(C(=O)N(C)C(C)C)C4C2=O)cc1C. The van der Waals surface area contributed by atoms with Crippen molar-refractivity contribution in [3.63, 3.8) is 0 Å². The lowest BCUT2D eigenvalue weighted by Crippen LogP contribution is -2.46. The van der Waals surface area contributed by atoms with Crippen LogP contribution in [0.1, 0.15) is 30.5 Å². The van der Waals surface area contributed by atoms with Crippen LogP contribution >= 0.6 is 0 Å². The van der Waals surface area contributed by atoms with Gasteiger partial charge in [0.05, 0.1) is 24.5 Å². The van der Waals surface area contributed by atoms with Crippen LogP contribution in [0.3, 0.4) is 0 Å². The fraction of sp³-hybridized carbons (Fsp3) is 0.545. The van der Waals surface area contributed by atoms with Gasteiger partial charge in [-0.05, 0) is 44.4 Å². The summed E-state index contributed by atoms with van der Waals surface area (Å²) in [6.07, 6.45) is 3.70. The number of benzene rings is 1. The normalized spacial score (nSPS) is 31.1. The van der Waals surface area contributed by atoms with Crippen LogP contribution in [-0.2, 0) is 20.9 Å². The summed E-state index contributed by atoms with van der Waals surface area (Å²) in [7, 11) is 1.81. The molecule has 0 aliphatic carbocycles. The molecule has 1 spiro atoms. The van der Waals surface area contributed by atoms with Crippen molar-refractivity contribution in [2.45, 2.75) is 52.0 Å². The molecule has 3 aliphatic heterocycles. The Balaban J connectivity index is 1.59. The summed E-state index contributed by atoms with van der Waals surface area (Å²) in [5.41, 5.74) is 2.94. The van der Waals surface area contributed by atoms with Gasteiger partial charge in [0.1, 0.15) is 5.60 Å². The molecule has 2 unspecified atom stereocenters. The predicted octanol–water partition coefficient (Wildman–Crippen LogP) is 2.45. The highest BCUT2D eigenvalue weighted by molar-refractivity contribution is 5.93. The van der Waals surface area contributed by atoms with E-state index in [-0.39, 0.29) is 24.0 Å². The van der Waals surface area contributed by atoms with E-state index in [1.165, 1.54) is 11.1 Å². The maximum Gasteiger partial charge on any atom is 0.230 e. The molecule has 0 saturated carbocycles. The molecule has 5 nitrogen and oxygen atoms in total. The minimum Gasteiger partial charge on any atom is -0.360 e. The van der Waals surface area contributed by atoms with E-state index in [2.05, 4.69) is 32.0 Å². The summed E-state index contributed by atoms with van der Waals surface area (Å²) < 4.78 is 6.21. The smallest absolute Gasteiger partial charge is 0.230 e. The Morgan fingerprint density at radius 1 is 1.33 bits per heavy atom.